The van der Waals surface area contributed by atoms with Gasteiger partial charge in [-0.15, -0.1) is 0 Å². The van der Waals surface area contributed by atoms with Crippen LogP contribution in [0.2, 0.25) is 0 Å². The SMILES string of the molecule is CC(CCc1ccccc1)Nc1c(C#N)cncc1N=[N+]=[N-]. The van der Waals surface area contributed by atoms with Gasteiger partial charge in [0.25, 0.3) is 0 Å². The van der Waals surface area contributed by atoms with E-state index in [1.807, 2.05) is 25.1 Å². The van der Waals surface area contributed by atoms with Gasteiger partial charge in [0.1, 0.15) is 6.07 Å². The molecule has 0 radical (unpaired) electrons. The van der Waals surface area contributed by atoms with E-state index in [-0.39, 0.29) is 6.04 Å². The standard InChI is InChI=1S/C16H16N6/c1-12(7-8-13-5-3-2-4-6-13)20-16-14(9-17)10-19-11-15(16)21-22-18/h2-6,10-12H,7-8H2,1H3,(H,19,20). The number of aromatic nitrogens is 1. The number of nitrogens with zero attached hydrogens (tertiary/aromatic N) is 5. The highest BCUT2D eigenvalue weighted by Crippen LogP contribution is 2.28. The molecular formula is C16H16N6. The van der Waals surface area contributed by atoms with Crippen molar-refractivity contribution in [1.82, 2.24) is 4.98 Å². The van der Waals surface area contributed by atoms with Crippen molar-refractivity contribution in [2.45, 2.75) is 25.8 Å². The van der Waals surface area contributed by atoms with E-state index in [0.29, 0.717) is 16.9 Å². The second kappa shape index (κ2) is 7.67. The van der Waals surface area contributed by atoms with Gasteiger partial charge < -0.3 is 5.32 Å². The van der Waals surface area contributed by atoms with Crippen molar-refractivity contribution in [1.29, 1.82) is 5.26 Å². The maximum absolute atomic E-state index is 9.17. The Hall–Kier alpha value is -3.03. The molecule has 0 amide bonds. The number of hydrogen-bond acceptors (Lipinski definition) is 4. The first kappa shape index (κ1) is 15.4. The Morgan fingerprint density at radius 3 is 2.82 bits per heavy atom. The van der Waals surface area contributed by atoms with Crippen LogP contribution >= 0.6 is 0 Å². The molecule has 0 aliphatic rings. The zero-order valence-corrected chi connectivity index (χ0v) is 12.3. The van der Waals surface area contributed by atoms with Crippen LogP contribution in [0.15, 0.2) is 47.8 Å². The lowest BCUT2D eigenvalue weighted by Gasteiger charge is -2.17. The number of benzene rings is 1. The van der Waals surface area contributed by atoms with E-state index in [4.69, 9.17) is 10.8 Å². The summed E-state index contributed by atoms with van der Waals surface area (Å²) in [5.41, 5.74) is 11.1. The highest BCUT2D eigenvalue weighted by molar-refractivity contribution is 5.71. The second-order valence-corrected chi connectivity index (χ2v) is 4.95. The predicted molar refractivity (Wildman–Crippen MR) is 85.6 cm³/mol. The quantitative estimate of drug-likeness (QED) is 0.487. The summed E-state index contributed by atoms with van der Waals surface area (Å²) < 4.78 is 0. The number of pyridine rings is 1. The number of nitriles is 1. The van der Waals surface area contributed by atoms with Gasteiger partial charge in [-0.2, -0.15) is 5.26 Å². The summed E-state index contributed by atoms with van der Waals surface area (Å²) in [6.45, 7) is 2.03. The monoisotopic (exact) mass is 292 g/mol. The molecular weight excluding hydrogens is 276 g/mol. The van der Waals surface area contributed by atoms with E-state index in [1.165, 1.54) is 18.0 Å². The van der Waals surface area contributed by atoms with Crippen molar-refractivity contribution in [3.8, 4) is 6.07 Å². The molecule has 0 fully saturated rings. The Morgan fingerprint density at radius 1 is 1.36 bits per heavy atom. The molecule has 1 N–H and O–H groups in total. The normalized spacial score (nSPS) is 11.1. The summed E-state index contributed by atoms with van der Waals surface area (Å²) in [5.74, 6) is 0. The van der Waals surface area contributed by atoms with Crippen LogP contribution in [0, 0.1) is 11.3 Å². The molecule has 0 bridgehead atoms. The first-order valence-corrected chi connectivity index (χ1v) is 6.98. The molecule has 6 nitrogen and oxygen atoms in total. The average Bonchev–Trinajstić information content (AvgIpc) is 2.55. The summed E-state index contributed by atoms with van der Waals surface area (Å²) in [7, 11) is 0. The van der Waals surface area contributed by atoms with Crippen molar-refractivity contribution in [3.63, 3.8) is 0 Å². The lowest BCUT2D eigenvalue weighted by Crippen LogP contribution is -2.17. The molecule has 0 saturated carbocycles. The van der Waals surface area contributed by atoms with Crippen LogP contribution in [0.25, 0.3) is 10.4 Å². The summed E-state index contributed by atoms with van der Waals surface area (Å²) >= 11 is 0. The number of hydrogen-bond donors (Lipinski definition) is 1. The molecule has 0 spiro atoms. The van der Waals surface area contributed by atoms with Crippen LogP contribution in [-0.4, -0.2) is 11.0 Å². The van der Waals surface area contributed by atoms with Crippen molar-refractivity contribution in [2.75, 3.05) is 5.32 Å². The predicted octanol–water partition coefficient (Wildman–Crippen LogP) is 4.33. The van der Waals surface area contributed by atoms with Crippen molar-refractivity contribution < 1.29 is 0 Å². The van der Waals surface area contributed by atoms with Gasteiger partial charge in [0, 0.05) is 23.3 Å². The third kappa shape index (κ3) is 3.98. The molecule has 1 unspecified atom stereocenters. The van der Waals surface area contributed by atoms with Gasteiger partial charge in [0.05, 0.1) is 16.9 Å². The Labute approximate surface area is 129 Å². The zero-order valence-electron chi connectivity index (χ0n) is 12.3. The molecule has 2 aromatic rings. The molecule has 0 aliphatic heterocycles. The minimum absolute atomic E-state index is 0.127. The number of aryl methyl sites for hydroxylation is 1. The summed E-state index contributed by atoms with van der Waals surface area (Å²) in [4.78, 5) is 6.69. The van der Waals surface area contributed by atoms with Crippen molar-refractivity contribution >= 4 is 11.4 Å². The lowest BCUT2D eigenvalue weighted by molar-refractivity contribution is 0.706. The molecule has 0 saturated heterocycles. The van der Waals surface area contributed by atoms with Gasteiger partial charge in [-0.3, -0.25) is 4.98 Å². The fourth-order valence-electron chi connectivity index (χ4n) is 2.16. The fraction of sp³-hybridized carbons (Fsp3) is 0.250. The van der Waals surface area contributed by atoms with E-state index in [1.54, 1.807) is 0 Å². The van der Waals surface area contributed by atoms with Crippen LogP contribution in [0.4, 0.5) is 11.4 Å². The Bertz CT molecular complexity index is 713. The van der Waals surface area contributed by atoms with E-state index in [9.17, 15) is 0 Å². The molecule has 1 aromatic heterocycles. The Morgan fingerprint density at radius 2 is 2.14 bits per heavy atom. The van der Waals surface area contributed by atoms with E-state index < -0.39 is 0 Å². The van der Waals surface area contributed by atoms with Crippen LogP contribution in [0.1, 0.15) is 24.5 Å². The molecule has 1 atom stereocenters. The van der Waals surface area contributed by atoms with Crippen LogP contribution in [0.3, 0.4) is 0 Å². The maximum Gasteiger partial charge on any atom is 0.103 e. The minimum Gasteiger partial charge on any atom is -0.381 e. The van der Waals surface area contributed by atoms with Crippen LogP contribution in [0.5, 0.6) is 0 Å². The molecule has 22 heavy (non-hydrogen) atoms. The Balaban J connectivity index is 2.09. The van der Waals surface area contributed by atoms with Crippen molar-refractivity contribution in [2.24, 2.45) is 5.11 Å². The molecule has 6 heteroatoms. The average molecular weight is 292 g/mol. The molecule has 1 aromatic carbocycles. The number of azide groups is 1. The van der Waals surface area contributed by atoms with E-state index >= 15 is 0 Å². The third-order valence-electron chi connectivity index (χ3n) is 3.30. The smallest absolute Gasteiger partial charge is 0.103 e. The zero-order chi connectivity index (χ0) is 15.8. The largest absolute Gasteiger partial charge is 0.381 e. The van der Waals surface area contributed by atoms with Gasteiger partial charge in [-0.25, -0.2) is 0 Å². The first-order chi connectivity index (χ1) is 10.7. The van der Waals surface area contributed by atoms with E-state index in [0.717, 1.165) is 12.8 Å². The van der Waals surface area contributed by atoms with Crippen molar-refractivity contribution in [3.05, 3.63) is 64.3 Å². The third-order valence-corrected chi connectivity index (χ3v) is 3.30. The summed E-state index contributed by atoms with van der Waals surface area (Å²) in [6.07, 6.45) is 4.74. The summed E-state index contributed by atoms with van der Waals surface area (Å²) in [6, 6.07) is 12.4. The van der Waals surface area contributed by atoms with E-state index in [2.05, 4.69) is 38.5 Å². The van der Waals surface area contributed by atoms with Gasteiger partial charge in [-0.1, -0.05) is 35.4 Å². The first-order valence-electron chi connectivity index (χ1n) is 6.98. The molecule has 110 valence electrons. The second-order valence-electron chi connectivity index (χ2n) is 4.95. The lowest BCUT2D eigenvalue weighted by atomic mass is 10.1. The maximum atomic E-state index is 9.17. The van der Waals surface area contributed by atoms with Gasteiger partial charge >= 0.3 is 0 Å². The number of nitrogens with one attached hydrogen (secondary N) is 1. The fourth-order valence-corrected chi connectivity index (χ4v) is 2.16. The summed E-state index contributed by atoms with van der Waals surface area (Å²) in [5, 5.41) is 16.0. The number of rotatable bonds is 6. The van der Waals surface area contributed by atoms with Crippen LogP contribution in [-0.2, 0) is 6.42 Å². The molecule has 1 heterocycles. The highest BCUT2D eigenvalue weighted by atomic mass is 15.1. The molecule has 2 rings (SSSR count). The van der Waals surface area contributed by atoms with Gasteiger partial charge in [0.15, 0.2) is 0 Å². The van der Waals surface area contributed by atoms with Gasteiger partial charge in [-0.05, 0) is 30.9 Å². The Kier molecular flexibility index (Phi) is 5.36. The topological polar surface area (TPSA) is 97.5 Å². The number of anilines is 1. The van der Waals surface area contributed by atoms with Gasteiger partial charge in [0.2, 0.25) is 0 Å². The minimum atomic E-state index is 0.127. The molecule has 0 aliphatic carbocycles. The van der Waals surface area contributed by atoms with Crippen LogP contribution < -0.4 is 5.32 Å². The highest BCUT2D eigenvalue weighted by Gasteiger charge is 2.11.